The number of hydrogen-bond acceptors (Lipinski definition) is 3. The van der Waals surface area contributed by atoms with Crippen molar-refractivity contribution in [2.24, 2.45) is 4.99 Å². The minimum Gasteiger partial charge on any atom is -0.484 e. The standard InChI is InChI=1S/C33H31FN2O/c1-3-19-33(20-18-24(2)27-15-10-21-35-23-27)32(29-22-28(34)16-17-30(29)37-33)36-31(25-11-6-4-7-12-25)26-13-8-5-9-14-26/h4-17,21-23,32H,2-3,18-20H2,1H3/t32-,33?/m1/s1. The van der Waals surface area contributed by atoms with E-state index in [2.05, 4.69) is 42.8 Å². The number of halogens is 1. The third-order valence-electron chi connectivity index (χ3n) is 7.02. The van der Waals surface area contributed by atoms with Gasteiger partial charge in [-0.2, -0.15) is 0 Å². The fourth-order valence-corrected chi connectivity index (χ4v) is 5.21. The molecule has 1 aromatic heterocycles. The van der Waals surface area contributed by atoms with E-state index in [9.17, 15) is 4.39 Å². The van der Waals surface area contributed by atoms with E-state index >= 15 is 0 Å². The molecule has 5 rings (SSSR count). The van der Waals surface area contributed by atoms with Gasteiger partial charge < -0.3 is 4.74 Å². The number of pyridine rings is 1. The molecule has 0 aliphatic carbocycles. The van der Waals surface area contributed by atoms with Gasteiger partial charge >= 0.3 is 0 Å². The first-order valence-electron chi connectivity index (χ1n) is 12.8. The Hall–Kier alpha value is -4.05. The number of ether oxygens (including phenoxy) is 1. The first-order chi connectivity index (χ1) is 18.1. The Balaban J connectivity index is 1.61. The van der Waals surface area contributed by atoms with Crippen molar-refractivity contribution < 1.29 is 9.13 Å². The van der Waals surface area contributed by atoms with Crippen molar-refractivity contribution in [1.29, 1.82) is 0 Å². The van der Waals surface area contributed by atoms with Crippen LogP contribution in [-0.2, 0) is 0 Å². The molecular formula is C33H31FN2O. The van der Waals surface area contributed by atoms with Gasteiger partial charge in [0, 0.05) is 29.1 Å². The highest BCUT2D eigenvalue weighted by Crippen LogP contribution is 2.51. The summed E-state index contributed by atoms with van der Waals surface area (Å²) in [6, 6.07) is 28.7. The molecule has 3 aromatic carbocycles. The Kier molecular flexibility index (Phi) is 7.27. The molecule has 37 heavy (non-hydrogen) atoms. The molecule has 0 bridgehead atoms. The number of aliphatic imine (C=N–C) groups is 1. The van der Waals surface area contributed by atoms with Gasteiger partial charge in [0.25, 0.3) is 0 Å². The lowest BCUT2D eigenvalue weighted by molar-refractivity contribution is 0.0520. The zero-order valence-electron chi connectivity index (χ0n) is 21.1. The van der Waals surface area contributed by atoms with Crippen molar-refractivity contribution in [1.82, 2.24) is 4.98 Å². The Bertz CT molecular complexity index is 1340. The van der Waals surface area contributed by atoms with Crippen LogP contribution in [0.25, 0.3) is 5.57 Å². The van der Waals surface area contributed by atoms with Gasteiger partial charge in [0.2, 0.25) is 0 Å². The molecule has 3 nitrogen and oxygen atoms in total. The third kappa shape index (κ3) is 5.24. The first kappa shape index (κ1) is 24.6. The molecule has 2 atom stereocenters. The van der Waals surface area contributed by atoms with Gasteiger partial charge in [-0.25, -0.2) is 4.39 Å². The van der Waals surface area contributed by atoms with Crippen LogP contribution in [0.1, 0.15) is 60.9 Å². The van der Waals surface area contributed by atoms with Gasteiger partial charge in [0.1, 0.15) is 23.2 Å². The Morgan fingerprint density at radius 2 is 1.59 bits per heavy atom. The lowest BCUT2D eigenvalue weighted by Crippen LogP contribution is -2.38. The van der Waals surface area contributed by atoms with Gasteiger partial charge in [0.15, 0.2) is 0 Å². The minimum atomic E-state index is -0.620. The molecule has 0 spiro atoms. The first-order valence-corrected chi connectivity index (χ1v) is 12.8. The summed E-state index contributed by atoms with van der Waals surface area (Å²) in [4.78, 5) is 9.65. The fraction of sp³-hybridized carbons (Fsp3) is 0.212. The van der Waals surface area contributed by atoms with Crippen molar-refractivity contribution in [2.75, 3.05) is 0 Å². The second-order valence-corrected chi connectivity index (χ2v) is 9.56. The van der Waals surface area contributed by atoms with Crippen LogP contribution in [0.4, 0.5) is 4.39 Å². The van der Waals surface area contributed by atoms with E-state index in [0.29, 0.717) is 12.2 Å². The average molecular weight is 491 g/mol. The number of hydrogen-bond donors (Lipinski definition) is 0. The molecule has 186 valence electrons. The van der Waals surface area contributed by atoms with E-state index in [1.54, 1.807) is 18.3 Å². The smallest absolute Gasteiger partial charge is 0.136 e. The van der Waals surface area contributed by atoms with Crippen molar-refractivity contribution >= 4 is 11.3 Å². The molecule has 4 aromatic rings. The summed E-state index contributed by atoms with van der Waals surface area (Å²) in [5.41, 5.74) is 5.11. The van der Waals surface area contributed by atoms with Crippen LogP contribution < -0.4 is 4.74 Å². The van der Waals surface area contributed by atoms with E-state index in [0.717, 1.165) is 52.8 Å². The van der Waals surface area contributed by atoms with Crippen LogP contribution in [0.2, 0.25) is 0 Å². The van der Waals surface area contributed by atoms with Crippen LogP contribution in [-0.4, -0.2) is 16.3 Å². The summed E-state index contributed by atoms with van der Waals surface area (Å²) in [5.74, 6) is 0.423. The Morgan fingerprint density at radius 3 is 2.22 bits per heavy atom. The second-order valence-electron chi connectivity index (χ2n) is 9.56. The number of nitrogens with zero attached hydrogens (tertiary/aromatic N) is 2. The largest absolute Gasteiger partial charge is 0.484 e. The molecular weight excluding hydrogens is 459 g/mol. The molecule has 0 amide bonds. The van der Waals surface area contributed by atoms with Crippen molar-refractivity contribution in [2.45, 2.75) is 44.2 Å². The van der Waals surface area contributed by atoms with Crippen LogP contribution in [0.5, 0.6) is 5.75 Å². The molecule has 0 radical (unpaired) electrons. The molecule has 2 heterocycles. The topological polar surface area (TPSA) is 34.5 Å². The van der Waals surface area contributed by atoms with Crippen LogP contribution in [0, 0.1) is 5.82 Å². The Labute approximate surface area is 218 Å². The lowest BCUT2D eigenvalue weighted by atomic mass is 9.81. The monoisotopic (exact) mass is 490 g/mol. The van der Waals surface area contributed by atoms with E-state index in [4.69, 9.17) is 9.73 Å². The third-order valence-corrected chi connectivity index (χ3v) is 7.02. The van der Waals surface area contributed by atoms with Gasteiger partial charge in [0.05, 0.1) is 5.71 Å². The molecule has 0 fully saturated rings. The predicted molar refractivity (Wildman–Crippen MR) is 148 cm³/mol. The second kappa shape index (κ2) is 10.9. The molecule has 0 N–H and O–H groups in total. The van der Waals surface area contributed by atoms with Gasteiger partial charge in [-0.3, -0.25) is 9.98 Å². The van der Waals surface area contributed by atoms with Gasteiger partial charge in [-0.15, -0.1) is 0 Å². The summed E-state index contributed by atoms with van der Waals surface area (Å²) < 4.78 is 21.3. The fourth-order valence-electron chi connectivity index (χ4n) is 5.21. The number of allylic oxidation sites excluding steroid dienone is 1. The summed E-state index contributed by atoms with van der Waals surface area (Å²) >= 11 is 0. The molecule has 1 aliphatic rings. The maximum Gasteiger partial charge on any atom is 0.136 e. The summed E-state index contributed by atoms with van der Waals surface area (Å²) in [7, 11) is 0. The number of fused-ring (bicyclic) bond motifs is 1. The van der Waals surface area contributed by atoms with Crippen molar-refractivity contribution in [3.05, 3.63) is 138 Å². The Morgan fingerprint density at radius 1 is 0.919 bits per heavy atom. The number of benzene rings is 3. The van der Waals surface area contributed by atoms with Crippen LogP contribution in [0.15, 0.2) is 115 Å². The van der Waals surface area contributed by atoms with E-state index in [1.807, 2.05) is 54.7 Å². The average Bonchev–Trinajstić information content (AvgIpc) is 3.24. The van der Waals surface area contributed by atoms with Gasteiger partial charge in [-0.05, 0) is 54.7 Å². The normalized spacial score (nSPS) is 18.1. The maximum absolute atomic E-state index is 14.6. The van der Waals surface area contributed by atoms with Gasteiger partial charge in [-0.1, -0.05) is 86.7 Å². The minimum absolute atomic E-state index is 0.282. The molecule has 4 heteroatoms. The predicted octanol–water partition coefficient (Wildman–Crippen LogP) is 8.22. The zero-order valence-corrected chi connectivity index (χ0v) is 21.1. The molecule has 1 unspecified atom stereocenters. The highest BCUT2D eigenvalue weighted by atomic mass is 19.1. The van der Waals surface area contributed by atoms with Crippen LogP contribution in [0.3, 0.4) is 0 Å². The van der Waals surface area contributed by atoms with E-state index < -0.39 is 5.60 Å². The molecule has 1 aliphatic heterocycles. The number of aromatic nitrogens is 1. The molecule has 0 saturated carbocycles. The number of rotatable bonds is 9. The summed E-state index contributed by atoms with van der Waals surface area (Å²) in [6.07, 6.45) is 6.73. The molecule has 0 saturated heterocycles. The van der Waals surface area contributed by atoms with E-state index in [-0.39, 0.29) is 11.9 Å². The SMILES string of the molecule is C=C(CCC1(CCC)Oc2ccc(F)cc2[C@H]1N=C(c1ccccc1)c1ccccc1)c1cccnc1. The van der Waals surface area contributed by atoms with Crippen molar-refractivity contribution in [3.63, 3.8) is 0 Å². The van der Waals surface area contributed by atoms with Crippen molar-refractivity contribution in [3.8, 4) is 5.75 Å². The van der Waals surface area contributed by atoms with E-state index in [1.165, 1.54) is 6.07 Å². The highest BCUT2D eigenvalue weighted by molar-refractivity contribution is 6.13. The zero-order chi connectivity index (χ0) is 25.7. The quantitative estimate of drug-likeness (QED) is 0.222. The maximum atomic E-state index is 14.6. The lowest BCUT2D eigenvalue weighted by Gasteiger charge is -2.34. The highest BCUT2D eigenvalue weighted by Gasteiger charge is 2.48. The van der Waals surface area contributed by atoms with Crippen LogP contribution >= 0.6 is 0 Å². The summed E-state index contributed by atoms with van der Waals surface area (Å²) in [5, 5.41) is 0. The summed E-state index contributed by atoms with van der Waals surface area (Å²) in [6.45, 7) is 6.48.